The van der Waals surface area contributed by atoms with Crippen molar-refractivity contribution in [2.75, 3.05) is 13.2 Å². The Balaban J connectivity index is 3.29. The summed E-state index contributed by atoms with van der Waals surface area (Å²) in [6.45, 7) is 5.06. The maximum atomic E-state index is 11.8. The Labute approximate surface area is 179 Å². The summed E-state index contributed by atoms with van der Waals surface area (Å²) in [5.41, 5.74) is 5.75. The molecule has 0 aromatic carbocycles. The molecular formula is C24H48N2O3. The molecule has 1 unspecified atom stereocenters. The number of hydrogen-bond acceptors (Lipinski definition) is 4. The molecule has 0 aliphatic carbocycles. The highest BCUT2D eigenvalue weighted by Gasteiger charge is 2.13. The lowest BCUT2D eigenvalue weighted by Crippen LogP contribution is -2.32. The van der Waals surface area contributed by atoms with Gasteiger partial charge in [-0.15, -0.1) is 0 Å². The van der Waals surface area contributed by atoms with E-state index < -0.39 is 6.04 Å². The second-order valence-corrected chi connectivity index (χ2v) is 8.20. The fraction of sp³-hybridized carbons (Fsp3) is 0.917. The van der Waals surface area contributed by atoms with E-state index in [0.717, 1.165) is 25.7 Å². The van der Waals surface area contributed by atoms with Crippen molar-refractivity contribution in [1.82, 2.24) is 5.32 Å². The van der Waals surface area contributed by atoms with Crippen molar-refractivity contribution < 1.29 is 14.3 Å². The quantitative estimate of drug-likeness (QED) is 0.189. The summed E-state index contributed by atoms with van der Waals surface area (Å²) in [6.07, 6.45) is 20.0. The highest BCUT2D eigenvalue weighted by atomic mass is 16.5. The first kappa shape index (κ1) is 27.9. The lowest BCUT2D eigenvalue weighted by Gasteiger charge is -2.10. The Morgan fingerprint density at radius 3 is 1.79 bits per heavy atom. The molecule has 29 heavy (non-hydrogen) atoms. The van der Waals surface area contributed by atoms with Crippen LogP contribution in [0.3, 0.4) is 0 Å². The summed E-state index contributed by atoms with van der Waals surface area (Å²) in [6, 6.07) is -0.545. The monoisotopic (exact) mass is 412 g/mol. The number of nitrogens with one attached hydrogen (secondary N) is 1. The van der Waals surface area contributed by atoms with E-state index in [2.05, 4.69) is 12.2 Å². The molecule has 1 atom stereocenters. The second-order valence-electron chi connectivity index (χ2n) is 8.20. The molecule has 3 N–H and O–H groups in total. The van der Waals surface area contributed by atoms with Crippen LogP contribution in [0, 0.1) is 0 Å². The summed E-state index contributed by atoms with van der Waals surface area (Å²) in [5.74, 6) is -0.193. The minimum absolute atomic E-state index is 0.141. The highest BCUT2D eigenvalue weighted by molar-refractivity contribution is 5.76. The van der Waals surface area contributed by atoms with E-state index in [1.165, 1.54) is 70.6 Å². The van der Waals surface area contributed by atoms with Crippen LogP contribution >= 0.6 is 0 Å². The van der Waals surface area contributed by atoms with Crippen LogP contribution in [0.25, 0.3) is 0 Å². The molecule has 0 heterocycles. The number of unbranched alkanes of at least 4 members (excludes halogenated alkanes) is 13. The lowest BCUT2D eigenvalue weighted by molar-refractivity contribution is -0.144. The third-order valence-corrected chi connectivity index (χ3v) is 5.36. The Morgan fingerprint density at radius 1 is 0.759 bits per heavy atom. The van der Waals surface area contributed by atoms with Gasteiger partial charge in [-0.05, 0) is 32.6 Å². The van der Waals surface area contributed by atoms with E-state index in [1.807, 2.05) is 0 Å². The van der Waals surface area contributed by atoms with Gasteiger partial charge >= 0.3 is 5.97 Å². The predicted molar refractivity (Wildman–Crippen MR) is 122 cm³/mol. The lowest BCUT2D eigenvalue weighted by atomic mass is 10.0. The average Bonchev–Trinajstić information content (AvgIpc) is 2.71. The summed E-state index contributed by atoms with van der Waals surface area (Å²) in [7, 11) is 0. The van der Waals surface area contributed by atoms with Gasteiger partial charge in [0.15, 0.2) is 0 Å². The maximum absolute atomic E-state index is 11.8. The smallest absolute Gasteiger partial charge is 0.322 e. The van der Waals surface area contributed by atoms with Gasteiger partial charge in [0.25, 0.3) is 0 Å². The fourth-order valence-electron chi connectivity index (χ4n) is 3.48. The van der Waals surface area contributed by atoms with E-state index in [9.17, 15) is 9.59 Å². The highest BCUT2D eigenvalue weighted by Crippen LogP contribution is 2.13. The Morgan fingerprint density at radius 2 is 1.28 bits per heavy atom. The first-order chi connectivity index (χ1) is 14.1. The van der Waals surface area contributed by atoms with E-state index in [-0.39, 0.29) is 11.9 Å². The number of amides is 1. The summed E-state index contributed by atoms with van der Waals surface area (Å²) >= 11 is 0. The number of esters is 1. The zero-order valence-corrected chi connectivity index (χ0v) is 19.3. The summed E-state index contributed by atoms with van der Waals surface area (Å²) in [4.78, 5) is 23.2. The van der Waals surface area contributed by atoms with Crippen LogP contribution in [0.5, 0.6) is 0 Å². The van der Waals surface area contributed by atoms with Crippen molar-refractivity contribution in [1.29, 1.82) is 0 Å². The molecule has 0 bridgehead atoms. The largest absolute Gasteiger partial charge is 0.465 e. The Bertz CT molecular complexity index is 388. The Hall–Kier alpha value is -1.10. The molecule has 0 rings (SSSR count). The molecule has 0 saturated carbocycles. The van der Waals surface area contributed by atoms with Crippen molar-refractivity contribution in [3.05, 3.63) is 0 Å². The van der Waals surface area contributed by atoms with Crippen LogP contribution < -0.4 is 11.1 Å². The number of ether oxygens (including phenoxy) is 1. The zero-order chi connectivity index (χ0) is 21.6. The standard InChI is InChI=1S/C24H48N2O3/c1-3-5-6-7-8-9-10-11-12-13-14-15-16-20-23(27)26-21-18-17-19-22(25)24(28)29-4-2/h22H,3-21,25H2,1-2H3,(H,26,27). The normalized spacial score (nSPS) is 12.0. The van der Waals surface area contributed by atoms with Crippen molar-refractivity contribution in [3.8, 4) is 0 Å². The predicted octanol–water partition coefficient (Wildman–Crippen LogP) is 5.64. The van der Waals surface area contributed by atoms with E-state index in [1.54, 1.807) is 6.92 Å². The molecule has 5 nitrogen and oxygen atoms in total. The molecule has 0 aliphatic heterocycles. The van der Waals surface area contributed by atoms with Gasteiger partial charge in [0.05, 0.1) is 6.61 Å². The van der Waals surface area contributed by atoms with Gasteiger partial charge < -0.3 is 15.8 Å². The zero-order valence-electron chi connectivity index (χ0n) is 19.3. The van der Waals surface area contributed by atoms with Crippen LogP contribution in [0.15, 0.2) is 0 Å². The number of hydrogen-bond donors (Lipinski definition) is 2. The Kier molecular flexibility index (Phi) is 20.8. The van der Waals surface area contributed by atoms with Crippen LogP contribution in [0.1, 0.15) is 123 Å². The minimum atomic E-state index is -0.545. The molecule has 0 aliphatic rings. The van der Waals surface area contributed by atoms with Crippen molar-refractivity contribution >= 4 is 11.9 Å². The van der Waals surface area contributed by atoms with E-state index >= 15 is 0 Å². The van der Waals surface area contributed by atoms with Gasteiger partial charge in [-0.1, -0.05) is 84.0 Å². The second kappa shape index (κ2) is 21.6. The summed E-state index contributed by atoms with van der Waals surface area (Å²) < 4.78 is 4.88. The minimum Gasteiger partial charge on any atom is -0.465 e. The molecule has 0 radical (unpaired) electrons. The average molecular weight is 413 g/mol. The van der Waals surface area contributed by atoms with Gasteiger partial charge in [0.1, 0.15) is 6.04 Å². The number of nitrogens with two attached hydrogens (primary N) is 1. The van der Waals surface area contributed by atoms with Gasteiger partial charge in [0.2, 0.25) is 5.91 Å². The first-order valence-electron chi connectivity index (χ1n) is 12.3. The molecule has 0 aromatic rings. The molecule has 1 amide bonds. The van der Waals surface area contributed by atoms with E-state index in [4.69, 9.17) is 10.5 Å². The number of carbonyl (C=O) groups is 2. The molecule has 0 fully saturated rings. The van der Waals surface area contributed by atoms with Gasteiger partial charge in [-0.3, -0.25) is 9.59 Å². The van der Waals surface area contributed by atoms with Crippen LogP contribution in [-0.2, 0) is 14.3 Å². The third kappa shape index (κ3) is 20.0. The molecule has 0 aromatic heterocycles. The number of carbonyl (C=O) groups excluding carboxylic acids is 2. The van der Waals surface area contributed by atoms with Crippen LogP contribution in [0.2, 0.25) is 0 Å². The van der Waals surface area contributed by atoms with Gasteiger partial charge in [-0.2, -0.15) is 0 Å². The third-order valence-electron chi connectivity index (χ3n) is 5.36. The number of rotatable bonds is 21. The van der Waals surface area contributed by atoms with Crippen molar-refractivity contribution in [3.63, 3.8) is 0 Å². The first-order valence-corrected chi connectivity index (χ1v) is 12.3. The molecular weight excluding hydrogens is 364 g/mol. The SMILES string of the molecule is CCCCCCCCCCCCCCCC(=O)NCCCCC(N)C(=O)OCC. The van der Waals surface area contributed by atoms with Gasteiger partial charge in [-0.25, -0.2) is 0 Å². The fourth-order valence-corrected chi connectivity index (χ4v) is 3.48. The van der Waals surface area contributed by atoms with Crippen LogP contribution in [0.4, 0.5) is 0 Å². The molecule has 172 valence electrons. The summed E-state index contributed by atoms with van der Waals surface area (Å²) in [5, 5.41) is 2.96. The molecule has 5 heteroatoms. The maximum Gasteiger partial charge on any atom is 0.322 e. The topological polar surface area (TPSA) is 81.4 Å². The van der Waals surface area contributed by atoms with Gasteiger partial charge in [0, 0.05) is 13.0 Å². The molecule has 0 spiro atoms. The van der Waals surface area contributed by atoms with Crippen molar-refractivity contribution in [2.24, 2.45) is 5.73 Å². The van der Waals surface area contributed by atoms with Crippen molar-refractivity contribution in [2.45, 2.75) is 129 Å². The van der Waals surface area contributed by atoms with Crippen LogP contribution in [-0.4, -0.2) is 31.1 Å². The molecule has 0 saturated heterocycles. The van der Waals surface area contributed by atoms with E-state index in [0.29, 0.717) is 26.0 Å².